The molecule has 0 unspecified atom stereocenters. The molecule has 18 heavy (non-hydrogen) atoms. The Labute approximate surface area is 107 Å². The Kier molecular flexibility index (Phi) is 5.87. The first-order valence-corrected chi connectivity index (χ1v) is 5.89. The maximum absolute atomic E-state index is 11.5. The first kappa shape index (κ1) is 14.2. The summed E-state index contributed by atoms with van der Waals surface area (Å²) in [5.74, 6) is -0.0709. The van der Waals surface area contributed by atoms with Gasteiger partial charge in [-0.25, -0.2) is 0 Å². The molecule has 98 valence electrons. The number of carbonyl (C=O) groups is 2. The van der Waals surface area contributed by atoms with E-state index in [4.69, 9.17) is 0 Å². The van der Waals surface area contributed by atoms with Gasteiger partial charge >= 0.3 is 0 Å². The third-order valence-electron chi connectivity index (χ3n) is 2.38. The number of rotatable bonds is 6. The zero-order valence-corrected chi connectivity index (χ0v) is 10.7. The smallest absolute Gasteiger partial charge is 0.225 e. The highest BCUT2D eigenvalue weighted by atomic mass is 16.2. The zero-order chi connectivity index (χ0) is 13.4. The fraction of sp³-hybridized carbons (Fsp3) is 0.385. The third-order valence-corrected chi connectivity index (χ3v) is 2.38. The predicted octanol–water partition coefficient (Wildman–Crippen LogP) is 0.871. The first-order valence-electron chi connectivity index (χ1n) is 5.89. The van der Waals surface area contributed by atoms with E-state index >= 15 is 0 Å². The van der Waals surface area contributed by atoms with Gasteiger partial charge in [-0.05, 0) is 24.7 Å². The van der Waals surface area contributed by atoms with Crippen molar-refractivity contribution in [1.82, 2.24) is 10.6 Å². The predicted molar refractivity (Wildman–Crippen MR) is 71.1 cm³/mol. The normalized spacial score (nSPS) is 9.89. The molecular weight excluding hydrogens is 230 g/mol. The van der Waals surface area contributed by atoms with Crippen LogP contribution < -0.4 is 16.0 Å². The van der Waals surface area contributed by atoms with Crippen LogP contribution in [0.1, 0.15) is 18.9 Å². The number of anilines is 1. The van der Waals surface area contributed by atoms with Gasteiger partial charge in [0, 0.05) is 32.1 Å². The van der Waals surface area contributed by atoms with Gasteiger partial charge in [0.2, 0.25) is 11.8 Å². The van der Waals surface area contributed by atoms with Crippen molar-refractivity contribution in [2.45, 2.75) is 19.9 Å². The molecule has 0 aromatic heterocycles. The van der Waals surface area contributed by atoms with Crippen molar-refractivity contribution >= 4 is 17.5 Å². The lowest BCUT2D eigenvalue weighted by atomic mass is 10.2. The number of benzene rings is 1. The molecule has 0 heterocycles. The molecule has 1 aromatic rings. The molecule has 0 radical (unpaired) electrons. The van der Waals surface area contributed by atoms with Crippen molar-refractivity contribution in [3.63, 3.8) is 0 Å². The van der Waals surface area contributed by atoms with Crippen molar-refractivity contribution < 1.29 is 9.59 Å². The van der Waals surface area contributed by atoms with Gasteiger partial charge in [0.1, 0.15) is 0 Å². The van der Waals surface area contributed by atoms with Crippen LogP contribution in [0.5, 0.6) is 0 Å². The zero-order valence-electron chi connectivity index (χ0n) is 10.7. The Bertz CT molecular complexity index is 401. The van der Waals surface area contributed by atoms with Gasteiger partial charge in [0.25, 0.3) is 0 Å². The van der Waals surface area contributed by atoms with Gasteiger partial charge in [0.15, 0.2) is 0 Å². The molecule has 0 fully saturated rings. The summed E-state index contributed by atoms with van der Waals surface area (Å²) in [7, 11) is 1.81. The Morgan fingerprint density at radius 2 is 1.83 bits per heavy atom. The Morgan fingerprint density at radius 1 is 1.17 bits per heavy atom. The van der Waals surface area contributed by atoms with Crippen LogP contribution in [-0.4, -0.2) is 25.4 Å². The molecule has 0 atom stereocenters. The topological polar surface area (TPSA) is 70.2 Å². The summed E-state index contributed by atoms with van der Waals surface area (Å²) in [4.78, 5) is 22.2. The van der Waals surface area contributed by atoms with Gasteiger partial charge in [0.05, 0.1) is 0 Å². The summed E-state index contributed by atoms with van der Waals surface area (Å²) in [6.45, 7) is 2.64. The van der Waals surface area contributed by atoms with E-state index < -0.39 is 0 Å². The van der Waals surface area contributed by atoms with Crippen LogP contribution in [0.15, 0.2) is 24.3 Å². The molecule has 5 heteroatoms. The van der Waals surface area contributed by atoms with Crippen LogP contribution in [0.3, 0.4) is 0 Å². The van der Waals surface area contributed by atoms with E-state index in [2.05, 4.69) is 16.0 Å². The second kappa shape index (κ2) is 7.45. The van der Waals surface area contributed by atoms with Gasteiger partial charge in [-0.2, -0.15) is 0 Å². The average molecular weight is 249 g/mol. The maximum Gasteiger partial charge on any atom is 0.225 e. The van der Waals surface area contributed by atoms with Gasteiger partial charge < -0.3 is 16.0 Å². The lowest BCUT2D eigenvalue weighted by Crippen LogP contribution is -2.19. The molecule has 1 aromatic carbocycles. The minimum absolute atomic E-state index is 0.0149. The van der Waals surface area contributed by atoms with Crippen LogP contribution in [0.25, 0.3) is 0 Å². The molecule has 0 aliphatic carbocycles. The van der Waals surface area contributed by atoms with Gasteiger partial charge in [-0.1, -0.05) is 12.1 Å². The van der Waals surface area contributed by atoms with Crippen LogP contribution in [0.2, 0.25) is 0 Å². The number of amides is 2. The second-order valence-corrected chi connectivity index (χ2v) is 4.01. The molecule has 3 N–H and O–H groups in total. The molecule has 0 bridgehead atoms. The third kappa shape index (κ3) is 5.45. The van der Waals surface area contributed by atoms with E-state index in [1.807, 2.05) is 31.3 Å². The highest BCUT2D eigenvalue weighted by Gasteiger charge is 2.01. The summed E-state index contributed by atoms with van der Waals surface area (Å²) in [5.41, 5.74) is 1.76. The van der Waals surface area contributed by atoms with Crippen molar-refractivity contribution in [3.8, 4) is 0 Å². The van der Waals surface area contributed by atoms with E-state index in [1.165, 1.54) is 6.92 Å². The van der Waals surface area contributed by atoms with Crippen LogP contribution in [0, 0.1) is 0 Å². The first-order chi connectivity index (χ1) is 8.61. The maximum atomic E-state index is 11.5. The van der Waals surface area contributed by atoms with Crippen LogP contribution in [-0.2, 0) is 16.1 Å². The summed E-state index contributed by atoms with van der Waals surface area (Å²) >= 11 is 0. The fourth-order valence-electron chi connectivity index (χ4n) is 1.39. The number of hydrogen-bond acceptors (Lipinski definition) is 3. The van der Waals surface area contributed by atoms with E-state index in [-0.39, 0.29) is 11.8 Å². The molecule has 2 amide bonds. The van der Waals surface area contributed by atoms with Gasteiger partial charge in [-0.15, -0.1) is 0 Å². The highest BCUT2D eigenvalue weighted by molar-refractivity contribution is 5.90. The lowest BCUT2D eigenvalue weighted by Gasteiger charge is -2.07. The van der Waals surface area contributed by atoms with Crippen LogP contribution in [0.4, 0.5) is 5.69 Å². The molecule has 0 saturated carbocycles. The minimum Gasteiger partial charge on any atom is -0.352 e. The Morgan fingerprint density at radius 3 is 2.39 bits per heavy atom. The van der Waals surface area contributed by atoms with E-state index in [0.29, 0.717) is 19.5 Å². The molecule has 0 aliphatic heterocycles. The van der Waals surface area contributed by atoms with Crippen molar-refractivity contribution in [2.75, 3.05) is 18.9 Å². The van der Waals surface area contributed by atoms with Crippen molar-refractivity contribution in [2.24, 2.45) is 0 Å². The summed E-state index contributed by atoms with van der Waals surface area (Å²) in [6, 6.07) is 7.41. The fourth-order valence-corrected chi connectivity index (χ4v) is 1.39. The van der Waals surface area contributed by atoms with E-state index in [0.717, 1.165) is 11.3 Å². The SMILES string of the molecule is CNCCC(=O)Nc1ccc(CNC(C)=O)cc1. The minimum atomic E-state index is -0.0561. The summed E-state index contributed by atoms with van der Waals surface area (Å²) in [5, 5.41) is 8.44. The molecule has 0 aliphatic rings. The van der Waals surface area contributed by atoms with Crippen molar-refractivity contribution in [3.05, 3.63) is 29.8 Å². The Balaban J connectivity index is 2.44. The molecule has 0 spiro atoms. The van der Waals surface area contributed by atoms with Crippen molar-refractivity contribution in [1.29, 1.82) is 0 Å². The standard InChI is InChI=1S/C13H19N3O2/c1-10(17)15-9-11-3-5-12(6-4-11)16-13(18)7-8-14-2/h3-6,14H,7-9H2,1-2H3,(H,15,17)(H,16,18). The van der Waals surface area contributed by atoms with E-state index in [1.54, 1.807) is 0 Å². The largest absolute Gasteiger partial charge is 0.352 e. The Hall–Kier alpha value is -1.88. The highest BCUT2D eigenvalue weighted by Crippen LogP contribution is 2.09. The molecule has 1 rings (SSSR count). The van der Waals surface area contributed by atoms with Gasteiger partial charge in [-0.3, -0.25) is 9.59 Å². The second-order valence-electron chi connectivity index (χ2n) is 4.01. The molecular formula is C13H19N3O2. The molecule has 0 saturated heterocycles. The average Bonchev–Trinajstić information content (AvgIpc) is 2.35. The quantitative estimate of drug-likeness (QED) is 0.700. The number of carbonyl (C=O) groups excluding carboxylic acids is 2. The monoisotopic (exact) mass is 249 g/mol. The lowest BCUT2D eigenvalue weighted by molar-refractivity contribution is -0.119. The van der Waals surface area contributed by atoms with E-state index in [9.17, 15) is 9.59 Å². The summed E-state index contributed by atoms with van der Waals surface area (Å²) in [6.07, 6.45) is 0.449. The molecule has 5 nitrogen and oxygen atoms in total. The summed E-state index contributed by atoms with van der Waals surface area (Å²) < 4.78 is 0. The number of hydrogen-bond donors (Lipinski definition) is 3. The van der Waals surface area contributed by atoms with Crippen LogP contribution >= 0.6 is 0 Å². The number of nitrogens with one attached hydrogen (secondary N) is 3.